The summed E-state index contributed by atoms with van der Waals surface area (Å²) < 4.78 is 0. The third kappa shape index (κ3) is 2.87. The van der Waals surface area contributed by atoms with Crippen LogP contribution in [0.4, 0.5) is 0 Å². The van der Waals surface area contributed by atoms with Crippen LogP contribution in [0.25, 0.3) is 0 Å². The van der Waals surface area contributed by atoms with Crippen molar-refractivity contribution in [1.29, 1.82) is 0 Å². The zero-order chi connectivity index (χ0) is 11.4. The third-order valence-electron chi connectivity index (χ3n) is 1.91. The predicted octanol–water partition coefficient (Wildman–Crippen LogP) is 3.90. The Morgan fingerprint density at radius 2 is 1.62 bits per heavy atom. The van der Waals surface area contributed by atoms with Crippen LogP contribution in [0.2, 0.25) is 0 Å². The lowest BCUT2D eigenvalue weighted by atomic mass is 10.3. The fourth-order valence-electron chi connectivity index (χ4n) is 1.16. The summed E-state index contributed by atoms with van der Waals surface area (Å²) in [6.45, 7) is 0. The van der Waals surface area contributed by atoms with Crippen molar-refractivity contribution in [2.24, 2.45) is 0 Å². The van der Waals surface area contributed by atoms with Crippen molar-refractivity contribution in [2.75, 3.05) is 0 Å². The number of para-hydroxylation sites is 1. The van der Waals surface area contributed by atoms with Crippen molar-refractivity contribution in [1.82, 2.24) is 0 Å². The maximum Gasteiger partial charge on any atom is 0.130 e. The Labute approximate surface area is 102 Å². The van der Waals surface area contributed by atoms with E-state index in [2.05, 4.69) is 0 Å². The molecule has 2 nitrogen and oxygen atoms in total. The molecule has 0 fully saturated rings. The molecule has 82 valence electrons. The number of hydrogen-bond donors (Lipinski definition) is 2. The van der Waals surface area contributed by atoms with E-state index in [0.29, 0.717) is 0 Å². The summed E-state index contributed by atoms with van der Waals surface area (Å²) in [5.74, 6) is 0.531. The highest BCUT2D eigenvalue weighted by atomic mass is 33.1. The van der Waals surface area contributed by atoms with Gasteiger partial charge in [-0.05, 0) is 41.1 Å². The van der Waals surface area contributed by atoms with Crippen LogP contribution in [-0.4, -0.2) is 10.2 Å². The fraction of sp³-hybridized carbons (Fsp3) is 0. The smallest absolute Gasteiger partial charge is 0.130 e. The lowest BCUT2D eigenvalue weighted by Crippen LogP contribution is -1.71. The van der Waals surface area contributed by atoms with Crippen molar-refractivity contribution in [3.8, 4) is 11.5 Å². The van der Waals surface area contributed by atoms with E-state index in [0.717, 1.165) is 9.79 Å². The summed E-state index contributed by atoms with van der Waals surface area (Å²) >= 11 is 0. The molecule has 2 rings (SSSR count). The molecule has 2 aromatic rings. The van der Waals surface area contributed by atoms with Crippen LogP contribution in [0.3, 0.4) is 0 Å². The second-order valence-corrected chi connectivity index (χ2v) is 5.38. The zero-order valence-electron chi connectivity index (χ0n) is 8.33. The maximum absolute atomic E-state index is 9.56. The van der Waals surface area contributed by atoms with Gasteiger partial charge in [0.25, 0.3) is 0 Å². The molecule has 0 saturated heterocycles. The molecule has 2 N–H and O–H groups in total. The number of rotatable bonds is 3. The quantitative estimate of drug-likeness (QED) is 0.811. The molecule has 0 heterocycles. The van der Waals surface area contributed by atoms with Crippen LogP contribution >= 0.6 is 21.6 Å². The van der Waals surface area contributed by atoms with Gasteiger partial charge in [0.2, 0.25) is 0 Å². The average Bonchev–Trinajstić information content (AvgIpc) is 2.28. The number of hydrogen-bond acceptors (Lipinski definition) is 4. The van der Waals surface area contributed by atoms with Gasteiger partial charge in [-0.3, -0.25) is 0 Å². The van der Waals surface area contributed by atoms with Gasteiger partial charge in [-0.25, -0.2) is 0 Å². The average molecular weight is 250 g/mol. The van der Waals surface area contributed by atoms with Gasteiger partial charge in [0.05, 0.1) is 4.90 Å². The SMILES string of the molecule is Oc1cccc(SSc2ccccc2O)c1. The summed E-state index contributed by atoms with van der Waals surface area (Å²) in [5, 5.41) is 18.9. The van der Waals surface area contributed by atoms with Crippen LogP contribution in [0, 0.1) is 0 Å². The van der Waals surface area contributed by atoms with E-state index >= 15 is 0 Å². The molecule has 0 bridgehead atoms. The third-order valence-corrected chi connectivity index (χ3v) is 4.33. The monoisotopic (exact) mass is 250 g/mol. The molecule has 16 heavy (non-hydrogen) atoms. The van der Waals surface area contributed by atoms with Gasteiger partial charge in [-0.15, -0.1) is 0 Å². The van der Waals surface area contributed by atoms with E-state index in [-0.39, 0.29) is 11.5 Å². The summed E-state index contributed by atoms with van der Waals surface area (Å²) in [6.07, 6.45) is 0. The molecule has 0 unspecified atom stereocenters. The lowest BCUT2D eigenvalue weighted by molar-refractivity contribution is 0.462. The highest BCUT2D eigenvalue weighted by molar-refractivity contribution is 8.76. The van der Waals surface area contributed by atoms with E-state index < -0.39 is 0 Å². The highest BCUT2D eigenvalue weighted by Crippen LogP contribution is 2.41. The van der Waals surface area contributed by atoms with Gasteiger partial charge in [-0.2, -0.15) is 0 Å². The number of benzene rings is 2. The summed E-state index contributed by atoms with van der Waals surface area (Å²) in [7, 11) is 2.96. The first-order valence-corrected chi connectivity index (χ1v) is 6.82. The maximum atomic E-state index is 9.56. The van der Waals surface area contributed by atoms with E-state index in [4.69, 9.17) is 0 Å². The molecule has 0 aromatic heterocycles. The molecule has 0 saturated carbocycles. The summed E-state index contributed by atoms with van der Waals surface area (Å²) in [4.78, 5) is 1.77. The molecular weight excluding hydrogens is 240 g/mol. The Morgan fingerprint density at radius 3 is 2.38 bits per heavy atom. The Balaban J connectivity index is 2.05. The van der Waals surface area contributed by atoms with Crippen LogP contribution in [0.1, 0.15) is 0 Å². The minimum atomic E-state index is 0.253. The fourth-order valence-corrected chi connectivity index (χ4v) is 3.22. The van der Waals surface area contributed by atoms with Crippen LogP contribution in [-0.2, 0) is 0 Å². The van der Waals surface area contributed by atoms with E-state index in [1.165, 1.54) is 21.6 Å². The van der Waals surface area contributed by atoms with Gasteiger partial charge in [-0.1, -0.05) is 29.0 Å². The van der Waals surface area contributed by atoms with Crippen molar-refractivity contribution < 1.29 is 10.2 Å². The van der Waals surface area contributed by atoms with E-state index in [1.807, 2.05) is 18.2 Å². The number of phenols is 2. The van der Waals surface area contributed by atoms with Crippen LogP contribution in [0.5, 0.6) is 11.5 Å². The van der Waals surface area contributed by atoms with E-state index in [9.17, 15) is 10.2 Å². The molecule has 0 aliphatic heterocycles. The molecule has 0 aliphatic rings. The van der Waals surface area contributed by atoms with Gasteiger partial charge < -0.3 is 10.2 Å². The van der Waals surface area contributed by atoms with Crippen molar-refractivity contribution in [3.63, 3.8) is 0 Å². The highest BCUT2D eigenvalue weighted by Gasteiger charge is 2.02. The molecule has 0 atom stereocenters. The normalized spacial score (nSPS) is 10.2. The Hall–Kier alpha value is -1.26. The predicted molar refractivity (Wildman–Crippen MR) is 67.9 cm³/mol. The minimum absolute atomic E-state index is 0.253. The molecule has 4 heteroatoms. The molecular formula is C12H10O2S2. The molecule has 0 spiro atoms. The first-order valence-electron chi connectivity index (χ1n) is 4.67. The van der Waals surface area contributed by atoms with Crippen molar-refractivity contribution in [3.05, 3.63) is 48.5 Å². The first-order chi connectivity index (χ1) is 7.75. The Morgan fingerprint density at radius 1 is 0.812 bits per heavy atom. The van der Waals surface area contributed by atoms with Crippen LogP contribution in [0.15, 0.2) is 58.3 Å². The minimum Gasteiger partial charge on any atom is -0.508 e. The summed E-state index contributed by atoms with van der Waals surface area (Å²) in [6, 6.07) is 14.2. The first kappa shape index (κ1) is 11.2. The second-order valence-electron chi connectivity index (χ2n) is 3.13. The van der Waals surface area contributed by atoms with E-state index in [1.54, 1.807) is 30.3 Å². The Kier molecular flexibility index (Phi) is 3.64. The van der Waals surface area contributed by atoms with Gasteiger partial charge in [0.15, 0.2) is 0 Å². The van der Waals surface area contributed by atoms with Gasteiger partial charge in [0.1, 0.15) is 11.5 Å². The van der Waals surface area contributed by atoms with Gasteiger partial charge >= 0.3 is 0 Å². The van der Waals surface area contributed by atoms with Crippen LogP contribution < -0.4 is 0 Å². The van der Waals surface area contributed by atoms with Gasteiger partial charge in [0, 0.05) is 4.90 Å². The number of aromatic hydroxyl groups is 2. The largest absolute Gasteiger partial charge is 0.508 e. The Bertz CT molecular complexity index is 486. The summed E-state index contributed by atoms with van der Waals surface area (Å²) in [5.41, 5.74) is 0. The molecule has 0 radical (unpaired) electrons. The molecule has 2 aromatic carbocycles. The lowest BCUT2D eigenvalue weighted by Gasteiger charge is -2.03. The standard InChI is InChI=1S/C12H10O2S2/c13-9-4-3-5-10(8-9)15-16-12-7-2-1-6-11(12)14/h1-8,13-14H. The second kappa shape index (κ2) is 5.18. The van der Waals surface area contributed by atoms with Crippen molar-refractivity contribution in [2.45, 2.75) is 9.79 Å². The topological polar surface area (TPSA) is 40.5 Å². The molecule has 0 aliphatic carbocycles. The zero-order valence-corrected chi connectivity index (χ0v) is 9.96. The number of phenolic OH excluding ortho intramolecular Hbond substituents is 2. The molecule has 0 amide bonds. The van der Waals surface area contributed by atoms with Crippen molar-refractivity contribution >= 4 is 21.6 Å².